The van der Waals surface area contributed by atoms with E-state index < -0.39 is 5.60 Å². The average molecular weight is 311 g/mol. The fourth-order valence-corrected chi connectivity index (χ4v) is 2.30. The molecule has 0 spiro atoms. The predicted molar refractivity (Wildman–Crippen MR) is 85.7 cm³/mol. The largest absolute Gasteiger partial charge is 0.388 e. The predicted octanol–water partition coefficient (Wildman–Crippen LogP) is 1.75. The zero-order chi connectivity index (χ0) is 15.1. The molecule has 1 saturated carbocycles. The molecular formula is C15H23ClN4O. The Labute approximate surface area is 130 Å². The molecule has 5 nitrogen and oxygen atoms in total. The van der Waals surface area contributed by atoms with Gasteiger partial charge in [0, 0.05) is 19.3 Å². The zero-order valence-corrected chi connectivity index (χ0v) is 13.2. The van der Waals surface area contributed by atoms with E-state index in [4.69, 9.17) is 11.6 Å². The van der Waals surface area contributed by atoms with Gasteiger partial charge in [-0.25, -0.2) is 4.98 Å². The van der Waals surface area contributed by atoms with Gasteiger partial charge in [0.05, 0.1) is 12.1 Å². The van der Waals surface area contributed by atoms with E-state index >= 15 is 0 Å². The van der Waals surface area contributed by atoms with E-state index in [2.05, 4.69) is 20.6 Å². The summed E-state index contributed by atoms with van der Waals surface area (Å²) in [5.41, 5.74) is 0.544. The number of aliphatic hydroxyl groups is 1. The van der Waals surface area contributed by atoms with Crippen LogP contribution in [0.15, 0.2) is 23.3 Å². The lowest BCUT2D eigenvalue weighted by Gasteiger charge is -2.35. The number of guanidine groups is 1. The number of nitrogens with one attached hydrogen (secondary N) is 2. The summed E-state index contributed by atoms with van der Waals surface area (Å²) < 4.78 is 0. The summed E-state index contributed by atoms with van der Waals surface area (Å²) in [7, 11) is 0. The Morgan fingerprint density at radius 3 is 2.81 bits per heavy atom. The summed E-state index contributed by atoms with van der Waals surface area (Å²) in [6.07, 6.45) is 5.43. The minimum Gasteiger partial charge on any atom is -0.388 e. The van der Waals surface area contributed by atoms with Gasteiger partial charge in [-0.1, -0.05) is 17.7 Å². The van der Waals surface area contributed by atoms with Gasteiger partial charge in [0.2, 0.25) is 0 Å². The maximum atomic E-state index is 10.1. The van der Waals surface area contributed by atoms with Crippen LogP contribution in [0.2, 0.25) is 5.15 Å². The quantitative estimate of drug-likeness (QED) is 0.425. The SMILES string of the molecule is CCNC(=NCC1(O)CCC1)NCCc1ccc(Cl)nc1. The van der Waals surface area contributed by atoms with E-state index in [0.717, 1.165) is 50.3 Å². The van der Waals surface area contributed by atoms with Crippen LogP contribution in [0.1, 0.15) is 31.7 Å². The molecule has 1 aromatic rings. The molecule has 1 aromatic heterocycles. The van der Waals surface area contributed by atoms with Gasteiger partial charge < -0.3 is 15.7 Å². The van der Waals surface area contributed by atoms with Crippen molar-refractivity contribution in [2.24, 2.45) is 4.99 Å². The number of pyridine rings is 1. The van der Waals surface area contributed by atoms with Crippen molar-refractivity contribution in [2.75, 3.05) is 19.6 Å². The molecule has 1 fully saturated rings. The topological polar surface area (TPSA) is 69.5 Å². The Balaban J connectivity index is 1.79. The van der Waals surface area contributed by atoms with Gasteiger partial charge in [-0.3, -0.25) is 4.99 Å². The number of nitrogens with zero attached hydrogens (tertiary/aromatic N) is 2. The highest BCUT2D eigenvalue weighted by molar-refractivity contribution is 6.29. The third kappa shape index (κ3) is 5.17. The van der Waals surface area contributed by atoms with E-state index in [1.54, 1.807) is 12.3 Å². The first-order valence-electron chi connectivity index (χ1n) is 7.46. The number of aliphatic imine (C=N–C) groups is 1. The van der Waals surface area contributed by atoms with Gasteiger partial charge in [0.15, 0.2) is 5.96 Å². The van der Waals surface area contributed by atoms with Crippen LogP contribution in [0.5, 0.6) is 0 Å². The van der Waals surface area contributed by atoms with Gasteiger partial charge in [0.1, 0.15) is 5.15 Å². The number of aromatic nitrogens is 1. The molecule has 0 aromatic carbocycles. The first-order chi connectivity index (χ1) is 10.1. The van der Waals surface area contributed by atoms with Crippen LogP contribution in [0.3, 0.4) is 0 Å². The van der Waals surface area contributed by atoms with E-state index in [0.29, 0.717) is 11.7 Å². The summed E-state index contributed by atoms with van der Waals surface area (Å²) in [5, 5.41) is 17.0. The number of hydrogen-bond donors (Lipinski definition) is 3. The molecule has 1 aliphatic carbocycles. The molecule has 0 bridgehead atoms. The van der Waals surface area contributed by atoms with Crippen molar-refractivity contribution in [2.45, 2.75) is 38.2 Å². The molecule has 1 aliphatic rings. The lowest BCUT2D eigenvalue weighted by atomic mass is 9.80. The molecular weight excluding hydrogens is 288 g/mol. The maximum absolute atomic E-state index is 10.1. The Morgan fingerprint density at radius 1 is 1.43 bits per heavy atom. The molecule has 0 atom stereocenters. The van der Waals surface area contributed by atoms with Crippen molar-refractivity contribution in [3.8, 4) is 0 Å². The molecule has 0 amide bonds. The van der Waals surface area contributed by atoms with Crippen LogP contribution >= 0.6 is 11.6 Å². The number of hydrogen-bond acceptors (Lipinski definition) is 3. The van der Waals surface area contributed by atoms with Crippen LogP contribution < -0.4 is 10.6 Å². The van der Waals surface area contributed by atoms with Crippen molar-refractivity contribution in [3.05, 3.63) is 29.0 Å². The van der Waals surface area contributed by atoms with Crippen molar-refractivity contribution in [1.29, 1.82) is 0 Å². The summed E-state index contributed by atoms with van der Waals surface area (Å²) >= 11 is 5.76. The fourth-order valence-electron chi connectivity index (χ4n) is 2.19. The van der Waals surface area contributed by atoms with Gasteiger partial charge >= 0.3 is 0 Å². The van der Waals surface area contributed by atoms with Crippen LogP contribution in [-0.4, -0.2) is 41.3 Å². The van der Waals surface area contributed by atoms with Crippen molar-refractivity contribution in [3.63, 3.8) is 0 Å². The van der Waals surface area contributed by atoms with Crippen molar-refractivity contribution < 1.29 is 5.11 Å². The van der Waals surface area contributed by atoms with Gasteiger partial charge in [0.25, 0.3) is 0 Å². The van der Waals surface area contributed by atoms with E-state index in [9.17, 15) is 5.11 Å². The Hall–Kier alpha value is -1.33. The Morgan fingerprint density at radius 2 is 2.24 bits per heavy atom. The van der Waals surface area contributed by atoms with Gasteiger partial charge in [-0.2, -0.15) is 0 Å². The van der Waals surface area contributed by atoms with Crippen LogP contribution in [0, 0.1) is 0 Å². The molecule has 2 rings (SSSR count). The molecule has 3 N–H and O–H groups in total. The number of halogens is 1. The van der Waals surface area contributed by atoms with E-state index in [1.807, 2.05) is 13.0 Å². The standard InChI is InChI=1S/C15H23ClN4O/c1-2-17-14(20-11-15(21)7-3-8-15)18-9-6-12-4-5-13(16)19-10-12/h4-5,10,21H,2-3,6-9,11H2,1H3,(H2,17,18,20). The third-order valence-electron chi connectivity index (χ3n) is 3.65. The summed E-state index contributed by atoms with van der Waals surface area (Å²) in [4.78, 5) is 8.52. The van der Waals surface area contributed by atoms with Crippen molar-refractivity contribution >= 4 is 17.6 Å². The Bertz CT molecular complexity index is 471. The normalized spacial score (nSPS) is 17.2. The zero-order valence-electron chi connectivity index (χ0n) is 12.4. The molecule has 1 heterocycles. The summed E-state index contributed by atoms with van der Waals surface area (Å²) in [6.45, 7) is 4.05. The first kappa shape index (κ1) is 16.0. The molecule has 0 unspecified atom stereocenters. The lowest BCUT2D eigenvalue weighted by molar-refractivity contribution is -0.0236. The van der Waals surface area contributed by atoms with Gasteiger partial charge in [-0.15, -0.1) is 0 Å². The molecule has 0 aliphatic heterocycles. The fraction of sp³-hybridized carbons (Fsp3) is 0.600. The third-order valence-corrected chi connectivity index (χ3v) is 3.88. The second-order valence-electron chi connectivity index (χ2n) is 5.44. The highest BCUT2D eigenvalue weighted by Gasteiger charge is 2.34. The average Bonchev–Trinajstić information content (AvgIpc) is 2.45. The second kappa shape index (κ2) is 7.61. The van der Waals surface area contributed by atoms with Crippen LogP contribution in [-0.2, 0) is 6.42 Å². The minimum atomic E-state index is -0.581. The van der Waals surface area contributed by atoms with Crippen LogP contribution in [0.25, 0.3) is 0 Å². The Kier molecular flexibility index (Phi) is 5.82. The smallest absolute Gasteiger partial charge is 0.191 e. The molecule has 6 heteroatoms. The van der Waals surface area contributed by atoms with Crippen LogP contribution in [0.4, 0.5) is 0 Å². The second-order valence-corrected chi connectivity index (χ2v) is 5.83. The van der Waals surface area contributed by atoms with E-state index in [-0.39, 0.29) is 0 Å². The monoisotopic (exact) mass is 310 g/mol. The minimum absolute atomic E-state index is 0.463. The molecule has 21 heavy (non-hydrogen) atoms. The van der Waals surface area contributed by atoms with Gasteiger partial charge in [-0.05, 0) is 44.2 Å². The first-order valence-corrected chi connectivity index (χ1v) is 7.84. The molecule has 0 radical (unpaired) electrons. The maximum Gasteiger partial charge on any atom is 0.191 e. The summed E-state index contributed by atoms with van der Waals surface area (Å²) in [6, 6.07) is 3.76. The number of rotatable bonds is 6. The lowest BCUT2D eigenvalue weighted by Crippen LogP contribution is -2.43. The molecule has 0 saturated heterocycles. The summed E-state index contributed by atoms with van der Waals surface area (Å²) in [5.74, 6) is 0.750. The van der Waals surface area contributed by atoms with Crippen molar-refractivity contribution in [1.82, 2.24) is 15.6 Å². The highest BCUT2D eigenvalue weighted by atomic mass is 35.5. The molecule has 116 valence electrons. The van der Waals surface area contributed by atoms with E-state index in [1.165, 1.54) is 0 Å². The highest BCUT2D eigenvalue weighted by Crippen LogP contribution is 2.31.